The molecule has 1 saturated heterocycles. The molecule has 2 aliphatic heterocycles. The number of aromatic nitrogens is 1. The molecule has 2 aliphatic rings. The number of likely N-dealkylation sites (tertiary alicyclic amines) is 1. The van der Waals surface area contributed by atoms with Gasteiger partial charge in [-0.05, 0) is 30.2 Å². The van der Waals surface area contributed by atoms with Crippen molar-refractivity contribution in [2.75, 3.05) is 33.4 Å². The standard InChI is InChI=1S/C27H32FN3O3/c1-4-7-24(33)31-16-27(17-31)15-30(13-18-8-5-6-9-21(18)28)23(14-32)26-25(27)20-11-10-19(34-3)12-22(20)29(26)2/h5-6,8-12,23,32H,4,7,13-17H2,1-3H3/t23-/m0/s1. The molecule has 1 amide bonds. The summed E-state index contributed by atoms with van der Waals surface area (Å²) in [4.78, 5) is 16.8. The minimum Gasteiger partial charge on any atom is -0.497 e. The predicted molar refractivity (Wildman–Crippen MR) is 129 cm³/mol. The molecule has 1 N–H and O–H groups in total. The van der Waals surface area contributed by atoms with E-state index in [9.17, 15) is 14.3 Å². The van der Waals surface area contributed by atoms with Crippen LogP contribution in [-0.2, 0) is 23.8 Å². The van der Waals surface area contributed by atoms with Crippen molar-refractivity contribution in [2.24, 2.45) is 7.05 Å². The van der Waals surface area contributed by atoms with Gasteiger partial charge in [-0.25, -0.2) is 4.39 Å². The maximum Gasteiger partial charge on any atom is 0.222 e. The molecule has 0 aliphatic carbocycles. The Morgan fingerprint density at radius 3 is 2.65 bits per heavy atom. The van der Waals surface area contributed by atoms with Crippen molar-refractivity contribution in [1.29, 1.82) is 0 Å². The molecule has 34 heavy (non-hydrogen) atoms. The molecule has 0 saturated carbocycles. The molecule has 5 rings (SSSR count). The van der Waals surface area contributed by atoms with Gasteiger partial charge >= 0.3 is 0 Å². The number of methoxy groups -OCH3 is 1. The summed E-state index contributed by atoms with van der Waals surface area (Å²) in [6.45, 7) is 4.27. The van der Waals surface area contributed by atoms with Crippen molar-refractivity contribution in [3.63, 3.8) is 0 Å². The molecular weight excluding hydrogens is 433 g/mol. The number of rotatable bonds is 6. The van der Waals surface area contributed by atoms with Gasteiger partial charge in [-0.1, -0.05) is 25.1 Å². The summed E-state index contributed by atoms with van der Waals surface area (Å²) in [6, 6.07) is 12.6. The van der Waals surface area contributed by atoms with Gasteiger partial charge in [0.25, 0.3) is 0 Å². The van der Waals surface area contributed by atoms with Gasteiger partial charge in [0.15, 0.2) is 0 Å². The lowest BCUT2D eigenvalue weighted by Gasteiger charge is -2.56. The number of carbonyl (C=O) groups is 1. The second-order valence-corrected chi connectivity index (χ2v) is 9.68. The highest BCUT2D eigenvalue weighted by molar-refractivity contribution is 5.89. The first kappa shape index (κ1) is 22.9. The highest BCUT2D eigenvalue weighted by Crippen LogP contribution is 2.50. The van der Waals surface area contributed by atoms with Crippen LogP contribution in [0.3, 0.4) is 0 Å². The van der Waals surface area contributed by atoms with E-state index in [1.807, 2.05) is 37.1 Å². The van der Waals surface area contributed by atoms with E-state index >= 15 is 0 Å². The van der Waals surface area contributed by atoms with Crippen LogP contribution in [-0.4, -0.2) is 58.7 Å². The van der Waals surface area contributed by atoms with Crippen LogP contribution in [0.1, 0.15) is 42.6 Å². The number of aryl methyl sites for hydroxylation is 1. The minimum atomic E-state index is -0.274. The highest BCUT2D eigenvalue weighted by atomic mass is 19.1. The molecule has 1 atom stereocenters. The van der Waals surface area contributed by atoms with Crippen molar-refractivity contribution < 1.29 is 19.0 Å². The number of aliphatic hydroxyl groups is 1. The molecule has 0 unspecified atom stereocenters. The fourth-order valence-electron chi connectivity index (χ4n) is 5.97. The molecule has 6 nitrogen and oxygen atoms in total. The number of fused-ring (bicyclic) bond motifs is 4. The number of benzene rings is 2. The Kier molecular flexibility index (Phi) is 5.86. The smallest absolute Gasteiger partial charge is 0.222 e. The zero-order chi connectivity index (χ0) is 24.0. The molecule has 0 radical (unpaired) electrons. The van der Waals surface area contributed by atoms with Crippen LogP contribution in [0.4, 0.5) is 4.39 Å². The first-order valence-electron chi connectivity index (χ1n) is 12.0. The Morgan fingerprint density at radius 1 is 1.21 bits per heavy atom. The Hall–Kier alpha value is -2.90. The van der Waals surface area contributed by atoms with E-state index < -0.39 is 0 Å². The van der Waals surface area contributed by atoms with Crippen LogP contribution < -0.4 is 4.74 Å². The van der Waals surface area contributed by atoms with E-state index in [1.54, 1.807) is 19.2 Å². The molecule has 7 heteroatoms. The predicted octanol–water partition coefficient (Wildman–Crippen LogP) is 3.76. The SMILES string of the molecule is CCCC(=O)N1CC2(C1)CN(Cc1ccccc1F)[C@@H](CO)c1c2c2ccc(OC)cc2n1C. The van der Waals surface area contributed by atoms with Crippen LogP contribution in [0.15, 0.2) is 42.5 Å². The summed E-state index contributed by atoms with van der Waals surface area (Å²) in [5.74, 6) is 0.715. The monoisotopic (exact) mass is 465 g/mol. The van der Waals surface area contributed by atoms with Gasteiger partial charge in [0.1, 0.15) is 11.6 Å². The van der Waals surface area contributed by atoms with Gasteiger partial charge in [-0.15, -0.1) is 0 Å². The Bertz CT molecular complexity index is 1230. The van der Waals surface area contributed by atoms with Crippen molar-refractivity contribution in [2.45, 2.75) is 37.8 Å². The highest BCUT2D eigenvalue weighted by Gasteiger charge is 2.54. The minimum absolute atomic E-state index is 0.0721. The van der Waals surface area contributed by atoms with E-state index in [2.05, 4.69) is 15.5 Å². The van der Waals surface area contributed by atoms with Gasteiger partial charge in [-0.3, -0.25) is 9.69 Å². The van der Waals surface area contributed by atoms with Gasteiger partial charge in [-0.2, -0.15) is 0 Å². The Morgan fingerprint density at radius 2 is 1.97 bits per heavy atom. The number of halogens is 1. The number of nitrogens with zero attached hydrogens (tertiary/aromatic N) is 3. The van der Waals surface area contributed by atoms with Crippen molar-refractivity contribution in [1.82, 2.24) is 14.4 Å². The first-order valence-corrected chi connectivity index (χ1v) is 12.0. The molecule has 3 heterocycles. The van der Waals surface area contributed by atoms with Gasteiger partial charge in [0, 0.05) is 67.8 Å². The van der Waals surface area contributed by atoms with Crippen LogP contribution in [0.5, 0.6) is 5.75 Å². The molecule has 0 bridgehead atoms. The summed E-state index contributed by atoms with van der Waals surface area (Å²) < 4.78 is 22.2. The van der Waals surface area contributed by atoms with Crippen molar-refractivity contribution in [3.05, 3.63) is 65.1 Å². The largest absolute Gasteiger partial charge is 0.497 e. The molecule has 1 fully saturated rings. The van der Waals surface area contributed by atoms with Crippen LogP contribution >= 0.6 is 0 Å². The lowest BCUT2D eigenvalue weighted by Crippen LogP contribution is -2.67. The fraction of sp³-hybridized carbons (Fsp3) is 0.444. The number of ether oxygens (including phenoxy) is 1. The first-order chi connectivity index (χ1) is 16.4. The average molecular weight is 466 g/mol. The second kappa shape index (κ2) is 8.71. The lowest BCUT2D eigenvalue weighted by atomic mass is 9.68. The third kappa shape index (κ3) is 3.49. The topological polar surface area (TPSA) is 57.9 Å². The zero-order valence-electron chi connectivity index (χ0n) is 20.1. The van der Waals surface area contributed by atoms with E-state index in [4.69, 9.17) is 4.74 Å². The second-order valence-electron chi connectivity index (χ2n) is 9.68. The number of aliphatic hydroxyl groups excluding tert-OH is 1. The summed E-state index contributed by atoms with van der Waals surface area (Å²) in [5.41, 5.74) is 3.63. The molecule has 2 aromatic carbocycles. The summed E-state index contributed by atoms with van der Waals surface area (Å²) in [7, 11) is 3.67. The van der Waals surface area contributed by atoms with Gasteiger partial charge in [0.05, 0.1) is 25.3 Å². The summed E-state index contributed by atoms with van der Waals surface area (Å²) >= 11 is 0. The number of hydrogen-bond acceptors (Lipinski definition) is 4. The van der Waals surface area contributed by atoms with Crippen LogP contribution in [0, 0.1) is 5.82 Å². The van der Waals surface area contributed by atoms with E-state index in [0.29, 0.717) is 38.2 Å². The van der Waals surface area contributed by atoms with Crippen LogP contribution in [0.25, 0.3) is 10.9 Å². The molecular formula is C27H32FN3O3. The third-order valence-electron chi connectivity index (χ3n) is 7.55. The summed E-state index contributed by atoms with van der Waals surface area (Å²) in [5, 5.41) is 11.7. The van der Waals surface area contributed by atoms with Crippen molar-refractivity contribution in [3.8, 4) is 5.75 Å². The van der Waals surface area contributed by atoms with E-state index in [1.165, 1.54) is 11.6 Å². The van der Waals surface area contributed by atoms with Crippen molar-refractivity contribution >= 4 is 16.8 Å². The van der Waals surface area contributed by atoms with Crippen LogP contribution in [0.2, 0.25) is 0 Å². The molecule has 1 aromatic heterocycles. The maximum absolute atomic E-state index is 14.6. The lowest BCUT2D eigenvalue weighted by molar-refractivity contribution is -0.141. The number of amides is 1. The zero-order valence-corrected chi connectivity index (χ0v) is 20.1. The Labute approximate surface area is 199 Å². The average Bonchev–Trinajstić information content (AvgIpc) is 3.11. The number of hydrogen-bond donors (Lipinski definition) is 1. The van der Waals surface area contributed by atoms with Gasteiger partial charge in [0.2, 0.25) is 5.91 Å². The van der Waals surface area contributed by atoms with E-state index in [0.717, 1.165) is 28.8 Å². The maximum atomic E-state index is 14.6. The Balaban J connectivity index is 1.63. The molecule has 3 aromatic rings. The molecule has 1 spiro atoms. The van der Waals surface area contributed by atoms with E-state index in [-0.39, 0.29) is 29.8 Å². The fourth-order valence-corrected chi connectivity index (χ4v) is 5.97. The van der Waals surface area contributed by atoms with Gasteiger partial charge < -0.3 is 19.3 Å². The number of carbonyl (C=O) groups excluding carboxylic acids is 1. The normalized spacial score (nSPS) is 19.3. The quantitative estimate of drug-likeness (QED) is 0.602. The molecule has 180 valence electrons. The third-order valence-corrected chi connectivity index (χ3v) is 7.55. The summed E-state index contributed by atoms with van der Waals surface area (Å²) in [6.07, 6.45) is 1.38.